The fraction of sp³-hybridized carbons (Fsp3) is 0.531. The molecule has 1 N–H and O–H groups in total. The number of anilines is 1. The molecule has 0 amide bonds. The summed E-state index contributed by atoms with van der Waals surface area (Å²) in [5, 5.41) is 15.2. The lowest BCUT2D eigenvalue weighted by Gasteiger charge is -2.37. The second-order valence-electron chi connectivity index (χ2n) is 12.7. The third-order valence-corrected chi connectivity index (χ3v) is 11.8. The number of thiophene rings is 1. The number of nitrogens with zero attached hydrogens (tertiary/aromatic N) is 7. The molecule has 6 rings (SSSR count). The summed E-state index contributed by atoms with van der Waals surface area (Å²) >= 11 is 1.06. The predicted molar refractivity (Wildman–Crippen MR) is 188 cm³/mol. The van der Waals surface area contributed by atoms with Gasteiger partial charge < -0.3 is 9.88 Å². The van der Waals surface area contributed by atoms with E-state index in [1.54, 1.807) is 6.07 Å². The SMILES string of the molecule is Cc1c(CN2CCC(Nc3ncnc4sc(CC(F)(F)F)cc34)CC2)ccc2c1cc(C#N)n2C[C@H](C)N1CCN(S(C)(=O)=O)CC1.S. The van der Waals surface area contributed by atoms with Gasteiger partial charge in [-0.2, -0.15) is 36.2 Å². The number of hydrogen-bond donors (Lipinski definition) is 1. The highest BCUT2D eigenvalue weighted by Crippen LogP contribution is 2.33. The van der Waals surface area contributed by atoms with Gasteiger partial charge in [0.1, 0.15) is 28.7 Å². The van der Waals surface area contributed by atoms with E-state index in [9.17, 15) is 26.9 Å². The number of rotatable bonds is 9. The molecule has 2 fully saturated rings. The van der Waals surface area contributed by atoms with Gasteiger partial charge in [-0.3, -0.25) is 9.80 Å². The third kappa shape index (κ3) is 8.09. The lowest BCUT2D eigenvalue weighted by Crippen LogP contribution is -2.51. The Balaban J connectivity index is 0.00000451. The number of likely N-dealkylation sites (tertiary alicyclic amines) is 1. The molecule has 0 saturated carbocycles. The lowest BCUT2D eigenvalue weighted by molar-refractivity contribution is -0.126. The van der Waals surface area contributed by atoms with E-state index in [1.165, 1.54) is 22.5 Å². The minimum atomic E-state index is -4.26. The van der Waals surface area contributed by atoms with E-state index in [-0.39, 0.29) is 30.5 Å². The van der Waals surface area contributed by atoms with Crippen LogP contribution >= 0.6 is 24.8 Å². The van der Waals surface area contributed by atoms with Crippen LogP contribution in [0.5, 0.6) is 0 Å². The molecule has 3 aromatic heterocycles. The van der Waals surface area contributed by atoms with Gasteiger partial charge in [-0.1, -0.05) is 6.07 Å². The van der Waals surface area contributed by atoms with Crippen molar-refractivity contribution in [1.82, 2.24) is 28.6 Å². The molecule has 2 aliphatic heterocycles. The zero-order valence-corrected chi connectivity index (χ0v) is 29.9. The molecule has 260 valence electrons. The summed E-state index contributed by atoms with van der Waals surface area (Å²) in [6.07, 6.45) is -0.833. The van der Waals surface area contributed by atoms with Crippen LogP contribution in [0.4, 0.5) is 19.0 Å². The summed E-state index contributed by atoms with van der Waals surface area (Å²) < 4.78 is 66.3. The first-order chi connectivity index (χ1) is 22.3. The summed E-state index contributed by atoms with van der Waals surface area (Å²) in [4.78, 5) is 14.0. The average Bonchev–Trinajstić information content (AvgIpc) is 3.59. The maximum absolute atomic E-state index is 12.9. The number of piperazine rings is 1. The van der Waals surface area contributed by atoms with Gasteiger partial charge in [0, 0.05) is 80.2 Å². The summed E-state index contributed by atoms with van der Waals surface area (Å²) in [5.41, 5.74) is 4.01. The molecule has 0 aliphatic carbocycles. The Morgan fingerprint density at radius 3 is 2.44 bits per heavy atom. The van der Waals surface area contributed by atoms with Crippen LogP contribution in [0.25, 0.3) is 21.1 Å². The minimum Gasteiger partial charge on any atom is -0.367 e. The average molecular weight is 723 g/mol. The molecule has 1 atom stereocenters. The molecular weight excluding hydrogens is 682 g/mol. The maximum Gasteiger partial charge on any atom is 0.393 e. The van der Waals surface area contributed by atoms with Crippen LogP contribution in [-0.2, 0) is 29.5 Å². The molecular formula is C32H41F3N8O2S3. The van der Waals surface area contributed by atoms with Crippen molar-refractivity contribution < 1.29 is 21.6 Å². The van der Waals surface area contributed by atoms with Crippen molar-refractivity contribution in [1.29, 1.82) is 5.26 Å². The first kappa shape index (κ1) is 36.3. The summed E-state index contributed by atoms with van der Waals surface area (Å²) in [6, 6.07) is 10.5. The topological polar surface area (TPSA) is 110 Å². The highest BCUT2D eigenvalue weighted by atomic mass is 32.2. The molecule has 4 aromatic rings. The number of sulfonamides is 1. The van der Waals surface area contributed by atoms with Crippen LogP contribution in [0.2, 0.25) is 0 Å². The Morgan fingerprint density at radius 1 is 1.08 bits per heavy atom. The van der Waals surface area contributed by atoms with Gasteiger partial charge in [0.25, 0.3) is 0 Å². The van der Waals surface area contributed by atoms with Gasteiger partial charge in [-0.05, 0) is 56.0 Å². The molecule has 1 aromatic carbocycles. The number of aromatic nitrogens is 3. The van der Waals surface area contributed by atoms with Crippen LogP contribution < -0.4 is 5.32 Å². The van der Waals surface area contributed by atoms with Crippen molar-refractivity contribution in [2.75, 3.05) is 50.8 Å². The van der Waals surface area contributed by atoms with Crippen molar-refractivity contribution >= 4 is 61.8 Å². The Morgan fingerprint density at radius 2 is 1.79 bits per heavy atom. The number of piperidine rings is 1. The maximum atomic E-state index is 12.9. The van der Waals surface area contributed by atoms with Crippen LogP contribution in [-0.4, -0.2) is 101 Å². The van der Waals surface area contributed by atoms with E-state index >= 15 is 0 Å². The third-order valence-electron chi connectivity index (χ3n) is 9.47. The van der Waals surface area contributed by atoms with E-state index in [1.807, 2.05) is 6.07 Å². The zero-order valence-electron chi connectivity index (χ0n) is 27.2. The number of nitrogens with one attached hydrogen (secondary N) is 1. The summed E-state index contributed by atoms with van der Waals surface area (Å²) in [5.74, 6) is 0.586. The highest BCUT2D eigenvalue weighted by molar-refractivity contribution is 7.88. The largest absolute Gasteiger partial charge is 0.393 e. The fourth-order valence-electron chi connectivity index (χ4n) is 6.81. The first-order valence-corrected chi connectivity index (χ1v) is 18.5. The van der Waals surface area contributed by atoms with Gasteiger partial charge >= 0.3 is 6.18 Å². The quantitative estimate of drug-likeness (QED) is 0.255. The molecule has 16 heteroatoms. The van der Waals surface area contributed by atoms with E-state index in [0.29, 0.717) is 54.5 Å². The Kier molecular flexibility index (Phi) is 11.0. The van der Waals surface area contributed by atoms with E-state index in [4.69, 9.17) is 0 Å². The van der Waals surface area contributed by atoms with Crippen LogP contribution in [0.1, 0.15) is 41.5 Å². The molecule has 0 spiro atoms. The number of alkyl halides is 3. The second-order valence-corrected chi connectivity index (χ2v) is 15.8. The Hall–Kier alpha value is -2.94. The predicted octanol–water partition coefficient (Wildman–Crippen LogP) is 5.09. The molecule has 0 unspecified atom stereocenters. The lowest BCUT2D eigenvalue weighted by atomic mass is 10.0. The molecule has 5 heterocycles. The fourth-order valence-corrected chi connectivity index (χ4v) is 8.67. The first-order valence-electron chi connectivity index (χ1n) is 15.8. The van der Waals surface area contributed by atoms with E-state index < -0.39 is 22.6 Å². The van der Waals surface area contributed by atoms with E-state index in [2.05, 4.69) is 61.7 Å². The molecule has 10 nitrogen and oxygen atoms in total. The van der Waals surface area contributed by atoms with E-state index in [0.717, 1.165) is 60.3 Å². The van der Waals surface area contributed by atoms with Crippen molar-refractivity contribution in [3.63, 3.8) is 0 Å². The molecule has 2 saturated heterocycles. The van der Waals surface area contributed by atoms with Crippen LogP contribution in [0.3, 0.4) is 0 Å². The van der Waals surface area contributed by atoms with Crippen LogP contribution in [0, 0.1) is 18.3 Å². The van der Waals surface area contributed by atoms with Gasteiger partial charge in [0.2, 0.25) is 10.0 Å². The molecule has 0 bridgehead atoms. The van der Waals surface area contributed by atoms with Gasteiger partial charge in [-0.15, -0.1) is 11.3 Å². The Bertz CT molecular complexity index is 1910. The van der Waals surface area contributed by atoms with Gasteiger partial charge in [-0.25, -0.2) is 18.4 Å². The minimum absolute atomic E-state index is 0. The standard InChI is InChI=1S/C32H39F3N8O2S2.H2S/c1-21(41-10-12-42(13-11-41)47(3,44)45)18-43-25(17-36)14-27-22(2)23(4-5-29(27)43)19-40-8-6-24(7-9-40)39-30-28-15-26(16-32(33,34)35)46-31(28)38-20-37-30;/h4-5,14-15,20-21,24H,6-13,16,18-19H2,1-3H3,(H,37,38,39);1H2/t21-;/m0./s1. The van der Waals surface area contributed by atoms with Crippen LogP contribution in [0.15, 0.2) is 30.6 Å². The van der Waals surface area contributed by atoms with Crippen molar-refractivity contribution in [3.05, 3.63) is 52.3 Å². The number of fused-ring (bicyclic) bond motifs is 2. The molecule has 2 aliphatic rings. The Labute approximate surface area is 290 Å². The number of hydrogen-bond acceptors (Lipinski definition) is 9. The highest BCUT2D eigenvalue weighted by Gasteiger charge is 2.30. The van der Waals surface area contributed by atoms with Gasteiger partial charge in [0.05, 0.1) is 18.1 Å². The van der Waals surface area contributed by atoms with Gasteiger partial charge in [0.15, 0.2) is 0 Å². The number of nitriles is 1. The normalized spacial score (nSPS) is 18.2. The number of benzene rings is 1. The smallest absolute Gasteiger partial charge is 0.367 e. The number of halogens is 3. The zero-order chi connectivity index (χ0) is 33.5. The van der Waals surface area contributed by atoms with Crippen molar-refractivity contribution in [3.8, 4) is 6.07 Å². The van der Waals surface area contributed by atoms with Crippen molar-refractivity contribution in [2.24, 2.45) is 0 Å². The summed E-state index contributed by atoms with van der Waals surface area (Å²) in [6.45, 7) is 9.65. The van der Waals surface area contributed by atoms with Crippen molar-refractivity contribution in [2.45, 2.75) is 64.5 Å². The second kappa shape index (κ2) is 14.5. The monoisotopic (exact) mass is 722 g/mol. The summed E-state index contributed by atoms with van der Waals surface area (Å²) in [7, 11) is -3.19. The number of aryl methyl sites for hydroxylation is 1. The molecule has 48 heavy (non-hydrogen) atoms. The molecule has 0 radical (unpaired) electrons.